The summed E-state index contributed by atoms with van der Waals surface area (Å²) in [6.45, 7) is 5.67. The van der Waals surface area contributed by atoms with E-state index in [4.69, 9.17) is 17.3 Å². The fourth-order valence-electron chi connectivity index (χ4n) is 3.46. The molecule has 0 aliphatic carbocycles. The van der Waals surface area contributed by atoms with E-state index >= 15 is 0 Å². The highest BCUT2D eigenvalue weighted by Gasteiger charge is 2.38. The van der Waals surface area contributed by atoms with Crippen LogP contribution in [0.25, 0.3) is 0 Å². The molecule has 1 heterocycles. The van der Waals surface area contributed by atoms with Crippen LogP contribution in [0.15, 0.2) is 24.3 Å². The largest absolute Gasteiger partial charge is 0.342 e. The maximum absolute atomic E-state index is 12.8. The highest BCUT2D eigenvalue weighted by Crippen LogP contribution is 2.31. The molecule has 0 aromatic heterocycles. The molecule has 1 aliphatic heterocycles. The van der Waals surface area contributed by atoms with Crippen LogP contribution in [-0.4, -0.2) is 36.2 Å². The van der Waals surface area contributed by atoms with E-state index in [9.17, 15) is 9.59 Å². The summed E-state index contributed by atoms with van der Waals surface area (Å²) < 4.78 is 0. The van der Waals surface area contributed by atoms with Gasteiger partial charge in [-0.1, -0.05) is 25.4 Å². The number of halogens is 1. The number of likely N-dealkylation sites (tertiary alicyclic amines) is 1. The van der Waals surface area contributed by atoms with Crippen LogP contribution in [-0.2, 0) is 4.79 Å². The third kappa shape index (κ3) is 3.81. The van der Waals surface area contributed by atoms with Gasteiger partial charge >= 0.3 is 0 Å². The smallest absolute Gasteiger partial charge is 0.230 e. The van der Waals surface area contributed by atoms with Gasteiger partial charge in [-0.05, 0) is 49.9 Å². The maximum Gasteiger partial charge on any atom is 0.230 e. The van der Waals surface area contributed by atoms with Crippen LogP contribution < -0.4 is 5.73 Å². The minimum atomic E-state index is -0.451. The summed E-state index contributed by atoms with van der Waals surface area (Å²) in [4.78, 5) is 27.3. The molecule has 1 aromatic carbocycles. The second kappa shape index (κ2) is 8.13. The van der Waals surface area contributed by atoms with Crippen molar-refractivity contribution < 1.29 is 9.59 Å². The number of ketones is 1. The van der Waals surface area contributed by atoms with E-state index in [0.717, 1.165) is 12.8 Å². The first-order valence-electron chi connectivity index (χ1n) is 8.76. The molecule has 5 heteroatoms. The fraction of sp³-hybridized carbons (Fsp3) is 0.579. The number of benzene rings is 1. The SMILES string of the molecule is CCC(CC)(CN)C(=O)N1CCC(C(=O)c2ccc(Cl)cc2)CC1. The molecule has 0 spiro atoms. The number of amides is 1. The summed E-state index contributed by atoms with van der Waals surface area (Å²) in [5.41, 5.74) is 6.13. The molecular formula is C19H27ClN2O2. The molecule has 1 saturated heterocycles. The predicted octanol–water partition coefficient (Wildman–Crippen LogP) is 3.53. The Hall–Kier alpha value is -1.39. The Morgan fingerprint density at radius 3 is 2.17 bits per heavy atom. The van der Waals surface area contributed by atoms with Crippen molar-refractivity contribution in [1.29, 1.82) is 0 Å². The summed E-state index contributed by atoms with van der Waals surface area (Å²) >= 11 is 5.87. The van der Waals surface area contributed by atoms with Crippen LogP contribution in [0.3, 0.4) is 0 Å². The van der Waals surface area contributed by atoms with E-state index in [-0.39, 0.29) is 17.6 Å². The molecule has 2 rings (SSSR count). The van der Waals surface area contributed by atoms with E-state index in [1.807, 2.05) is 18.7 Å². The number of nitrogens with zero attached hydrogens (tertiary/aromatic N) is 1. The van der Waals surface area contributed by atoms with Crippen LogP contribution in [0.2, 0.25) is 5.02 Å². The van der Waals surface area contributed by atoms with Crippen molar-refractivity contribution in [1.82, 2.24) is 4.90 Å². The van der Waals surface area contributed by atoms with Gasteiger partial charge in [-0.3, -0.25) is 9.59 Å². The number of rotatable bonds is 6. The summed E-state index contributed by atoms with van der Waals surface area (Å²) in [6.07, 6.45) is 2.92. The zero-order valence-electron chi connectivity index (χ0n) is 14.6. The van der Waals surface area contributed by atoms with Crippen molar-refractivity contribution in [3.63, 3.8) is 0 Å². The lowest BCUT2D eigenvalue weighted by Gasteiger charge is -2.38. The Labute approximate surface area is 149 Å². The quantitative estimate of drug-likeness (QED) is 0.798. The molecule has 0 bridgehead atoms. The monoisotopic (exact) mass is 350 g/mol. The summed E-state index contributed by atoms with van der Waals surface area (Å²) in [7, 11) is 0. The lowest BCUT2D eigenvalue weighted by atomic mass is 9.80. The normalized spacial score (nSPS) is 16.2. The van der Waals surface area contributed by atoms with E-state index < -0.39 is 5.41 Å². The van der Waals surface area contributed by atoms with E-state index in [2.05, 4.69) is 0 Å². The van der Waals surface area contributed by atoms with Gasteiger partial charge < -0.3 is 10.6 Å². The van der Waals surface area contributed by atoms with Crippen LogP contribution in [0.5, 0.6) is 0 Å². The van der Waals surface area contributed by atoms with Gasteiger partial charge in [0.1, 0.15) is 0 Å². The predicted molar refractivity (Wildman–Crippen MR) is 97.2 cm³/mol. The van der Waals surface area contributed by atoms with Gasteiger partial charge in [-0.15, -0.1) is 0 Å². The summed E-state index contributed by atoms with van der Waals surface area (Å²) in [5, 5.41) is 0.629. The molecule has 4 nitrogen and oxygen atoms in total. The van der Waals surface area contributed by atoms with Gasteiger partial charge in [0.25, 0.3) is 0 Å². The Balaban J connectivity index is 1.99. The molecule has 0 saturated carbocycles. The summed E-state index contributed by atoms with van der Waals surface area (Å²) in [5.74, 6) is 0.271. The second-order valence-electron chi connectivity index (χ2n) is 6.63. The first-order valence-corrected chi connectivity index (χ1v) is 9.14. The number of carbonyl (C=O) groups excluding carboxylic acids is 2. The molecule has 1 aromatic rings. The zero-order valence-corrected chi connectivity index (χ0v) is 15.3. The minimum Gasteiger partial charge on any atom is -0.342 e. The molecular weight excluding hydrogens is 324 g/mol. The van der Waals surface area contributed by atoms with E-state index in [1.165, 1.54) is 0 Å². The number of Topliss-reactive ketones (excluding diaryl/α,β-unsaturated/α-hetero) is 1. The number of carbonyl (C=O) groups is 2. The third-order valence-corrected chi connectivity index (χ3v) is 5.73. The number of hydrogen-bond donors (Lipinski definition) is 1. The van der Waals surface area contributed by atoms with Gasteiger partial charge in [0, 0.05) is 36.1 Å². The van der Waals surface area contributed by atoms with Crippen molar-refractivity contribution >= 4 is 23.3 Å². The number of hydrogen-bond acceptors (Lipinski definition) is 3. The Morgan fingerprint density at radius 2 is 1.71 bits per heavy atom. The minimum absolute atomic E-state index is 0.0224. The molecule has 132 valence electrons. The van der Waals surface area contributed by atoms with Crippen molar-refractivity contribution in [2.45, 2.75) is 39.5 Å². The molecule has 1 aliphatic rings. The average molecular weight is 351 g/mol. The Kier molecular flexibility index (Phi) is 6.41. The van der Waals surface area contributed by atoms with Gasteiger partial charge in [0.05, 0.1) is 5.41 Å². The van der Waals surface area contributed by atoms with Crippen molar-refractivity contribution in [3.8, 4) is 0 Å². The number of nitrogens with two attached hydrogens (primary N) is 1. The highest BCUT2D eigenvalue weighted by atomic mass is 35.5. The van der Waals surface area contributed by atoms with E-state index in [0.29, 0.717) is 43.1 Å². The van der Waals surface area contributed by atoms with Gasteiger partial charge in [0.2, 0.25) is 5.91 Å². The van der Waals surface area contributed by atoms with Crippen LogP contribution in [0.1, 0.15) is 49.9 Å². The van der Waals surface area contributed by atoms with Crippen molar-refractivity contribution in [3.05, 3.63) is 34.9 Å². The first kappa shape index (κ1) is 18.9. The summed E-state index contributed by atoms with van der Waals surface area (Å²) in [6, 6.07) is 7.03. The molecule has 1 amide bonds. The lowest BCUT2D eigenvalue weighted by molar-refractivity contribution is -0.143. The van der Waals surface area contributed by atoms with Gasteiger partial charge in [-0.2, -0.15) is 0 Å². The second-order valence-corrected chi connectivity index (χ2v) is 7.07. The first-order chi connectivity index (χ1) is 11.5. The van der Waals surface area contributed by atoms with E-state index in [1.54, 1.807) is 24.3 Å². The van der Waals surface area contributed by atoms with Gasteiger partial charge in [-0.25, -0.2) is 0 Å². The zero-order chi connectivity index (χ0) is 17.7. The Bertz CT molecular complexity index is 565. The Morgan fingerprint density at radius 1 is 1.17 bits per heavy atom. The van der Waals surface area contributed by atoms with Crippen molar-refractivity contribution in [2.24, 2.45) is 17.1 Å². The molecule has 1 fully saturated rings. The van der Waals surface area contributed by atoms with Crippen LogP contribution in [0.4, 0.5) is 0 Å². The van der Waals surface area contributed by atoms with Crippen LogP contribution >= 0.6 is 11.6 Å². The fourth-order valence-corrected chi connectivity index (χ4v) is 3.58. The lowest BCUT2D eigenvalue weighted by Crippen LogP contribution is -2.50. The third-order valence-electron chi connectivity index (χ3n) is 5.48. The molecule has 24 heavy (non-hydrogen) atoms. The highest BCUT2D eigenvalue weighted by molar-refractivity contribution is 6.30. The maximum atomic E-state index is 12.8. The topological polar surface area (TPSA) is 63.4 Å². The number of piperidine rings is 1. The van der Waals surface area contributed by atoms with Crippen molar-refractivity contribution in [2.75, 3.05) is 19.6 Å². The van der Waals surface area contributed by atoms with Crippen LogP contribution in [0, 0.1) is 11.3 Å². The standard InChI is InChI=1S/C19H27ClN2O2/c1-3-19(4-2,13-21)18(24)22-11-9-15(10-12-22)17(23)14-5-7-16(20)8-6-14/h5-8,15H,3-4,9-13,21H2,1-2H3. The molecule has 2 N–H and O–H groups in total. The van der Waals surface area contributed by atoms with Gasteiger partial charge in [0.15, 0.2) is 5.78 Å². The molecule has 0 unspecified atom stereocenters. The average Bonchev–Trinajstić information content (AvgIpc) is 2.63. The molecule has 0 radical (unpaired) electrons. The molecule has 0 atom stereocenters.